The summed E-state index contributed by atoms with van der Waals surface area (Å²) in [5.74, 6) is 2.20. The van der Waals surface area contributed by atoms with E-state index in [0.717, 1.165) is 29.9 Å². The molecule has 8 heteroatoms. The molecule has 8 nitrogen and oxygen atoms in total. The van der Waals surface area contributed by atoms with Gasteiger partial charge in [-0.15, -0.1) is 0 Å². The predicted molar refractivity (Wildman–Crippen MR) is 114 cm³/mol. The molecule has 4 rings (SSSR count). The zero-order chi connectivity index (χ0) is 21.8. The average Bonchev–Trinajstić information content (AvgIpc) is 3.25. The maximum atomic E-state index is 12.8. The number of methoxy groups -OCH3 is 1. The molecule has 1 amide bonds. The average molecular weight is 422 g/mol. The van der Waals surface area contributed by atoms with E-state index in [1.807, 2.05) is 24.3 Å². The number of piperidine rings is 1. The number of amides is 1. The molecule has 3 heterocycles. The minimum Gasteiger partial charge on any atom is -0.497 e. The lowest BCUT2D eigenvalue weighted by atomic mass is 9.98. The summed E-state index contributed by atoms with van der Waals surface area (Å²) in [7, 11) is 1.64. The lowest BCUT2D eigenvalue weighted by Crippen LogP contribution is -2.42. The van der Waals surface area contributed by atoms with Crippen LogP contribution >= 0.6 is 0 Å². The van der Waals surface area contributed by atoms with E-state index in [9.17, 15) is 9.59 Å². The Kier molecular flexibility index (Phi) is 6.16. The summed E-state index contributed by atoms with van der Waals surface area (Å²) < 4.78 is 12.4. The van der Waals surface area contributed by atoms with Crippen LogP contribution in [-0.4, -0.2) is 45.8 Å². The number of rotatable bonds is 6. The smallest absolute Gasteiger partial charge is 0.267 e. The van der Waals surface area contributed by atoms with Gasteiger partial charge in [0.05, 0.1) is 24.9 Å². The normalized spacial score (nSPS) is 16.3. The van der Waals surface area contributed by atoms with Crippen LogP contribution in [0.5, 0.6) is 5.75 Å². The van der Waals surface area contributed by atoms with Gasteiger partial charge < -0.3 is 14.1 Å². The molecule has 1 fully saturated rings. The molecule has 0 N–H and O–H groups in total. The zero-order valence-corrected chi connectivity index (χ0v) is 17.8. The number of ether oxygens (including phenoxy) is 1. The van der Waals surface area contributed by atoms with Gasteiger partial charge in [-0.25, -0.2) is 9.67 Å². The minimum atomic E-state index is -0.275. The van der Waals surface area contributed by atoms with Gasteiger partial charge in [0.25, 0.3) is 5.56 Å². The van der Waals surface area contributed by atoms with Crippen molar-refractivity contribution in [1.82, 2.24) is 19.7 Å². The third kappa shape index (κ3) is 5.02. The molecule has 0 bridgehead atoms. The number of aromatic nitrogens is 3. The standard InChI is InChI=1S/C23H26N4O4/c1-16-5-10-21(28)27(25-16)15-22(29)26-11-3-4-18(14-26)23-24-13-20(31-23)12-17-6-8-19(30-2)9-7-17/h5-10,13,18H,3-4,11-12,14-15H2,1-2H3/t18-/m0/s1. The van der Waals surface area contributed by atoms with Crippen LogP contribution in [-0.2, 0) is 17.8 Å². The summed E-state index contributed by atoms with van der Waals surface area (Å²) in [5.41, 5.74) is 1.54. The number of carbonyl (C=O) groups excluding carboxylic acids is 1. The number of nitrogens with zero attached hydrogens (tertiary/aromatic N) is 4. The van der Waals surface area contributed by atoms with Crippen molar-refractivity contribution in [3.05, 3.63) is 75.9 Å². The Balaban J connectivity index is 1.39. The van der Waals surface area contributed by atoms with Crippen molar-refractivity contribution in [3.63, 3.8) is 0 Å². The summed E-state index contributed by atoms with van der Waals surface area (Å²) in [4.78, 5) is 31.0. The third-order valence-electron chi connectivity index (χ3n) is 5.52. The number of hydrogen-bond donors (Lipinski definition) is 0. The molecular formula is C23H26N4O4. The van der Waals surface area contributed by atoms with Crippen molar-refractivity contribution in [1.29, 1.82) is 0 Å². The summed E-state index contributed by atoms with van der Waals surface area (Å²) in [6.45, 7) is 2.93. The Hall–Kier alpha value is -3.42. The van der Waals surface area contributed by atoms with E-state index in [4.69, 9.17) is 9.15 Å². The Bertz CT molecular complexity index is 1100. The molecule has 1 saturated heterocycles. The number of benzene rings is 1. The maximum absolute atomic E-state index is 12.8. The fourth-order valence-corrected chi connectivity index (χ4v) is 3.84. The Labute approximate surface area is 180 Å². The minimum absolute atomic E-state index is 0.0458. The molecular weight excluding hydrogens is 396 g/mol. The third-order valence-corrected chi connectivity index (χ3v) is 5.52. The molecule has 0 unspecified atom stereocenters. The van der Waals surface area contributed by atoms with Crippen LogP contribution in [0.3, 0.4) is 0 Å². The molecule has 162 valence electrons. The number of aryl methyl sites for hydroxylation is 1. The Morgan fingerprint density at radius 1 is 1.23 bits per heavy atom. The van der Waals surface area contributed by atoms with E-state index in [1.165, 1.54) is 10.7 Å². The number of likely N-dealkylation sites (tertiary alicyclic amines) is 1. The molecule has 1 aromatic carbocycles. The van der Waals surface area contributed by atoms with Crippen molar-refractivity contribution >= 4 is 5.91 Å². The monoisotopic (exact) mass is 422 g/mol. The van der Waals surface area contributed by atoms with Crippen LogP contribution in [0.15, 0.2) is 51.8 Å². The number of oxazole rings is 1. The van der Waals surface area contributed by atoms with Crippen LogP contribution < -0.4 is 10.3 Å². The Morgan fingerprint density at radius 3 is 2.81 bits per heavy atom. The van der Waals surface area contributed by atoms with E-state index < -0.39 is 0 Å². The molecule has 1 aliphatic heterocycles. The van der Waals surface area contributed by atoms with Crippen LogP contribution in [0.25, 0.3) is 0 Å². The van der Waals surface area contributed by atoms with Gasteiger partial charge in [0.1, 0.15) is 18.1 Å². The molecule has 0 aliphatic carbocycles. The number of hydrogen-bond acceptors (Lipinski definition) is 6. The summed E-state index contributed by atoms with van der Waals surface area (Å²) >= 11 is 0. The molecule has 0 radical (unpaired) electrons. The van der Waals surface area contributed by atoms with Gasteiger partial charge >= 0.3 is 0 Å². The van der Waals surface area contributed by atoms with E-state index in [2.05, 4.69) is 10.1 Å². The molecule has 1 aliphatic rings. The first-order valence-electron chi connectivity index (χ1n) is 10.4. The fraction of sp³-hybridized carbons (Fsp3) is 0.391. The topological polar surface area (TPSA) is 90.5 Å². The quantitative estimate of drug-likeness (QED) is 0.606. The molecule has 0 saturated carbocycles. The first-order valence-corrected chi connectivity index (χ1v) is 10.4. The SMILES string of the molecule is COc1ccc(Cc2cnc([C@H]3CCCN(C(=O)Cn4nc(C)ccc4=O)C3)o2)cc1. The maximum Gasteiger partial charge on any atom is 0.267 e. The largest absolute Gasteiger partial charge is 0.497 e. The van der Waals surface area contributed by atoms with Gasteiger partial charge in [0.2, 0.25) is 5.91 Å². The molecule has 2 aromatic heterocycles. The first kappa shape index (κ1) is 20.8. The second-order valence-electron chi connectivity index (χ2n) is 7.84. The van der Waals surface area contributed by atoms with Crippen molar-refractivity contribution < 1.29 is 13.9 Å². The van der Waals surface area contributed by atoms with Gasteiger partial charge in [-0.3, -0.25) is 9.59 Å². The highest BCUT2D eigenvalue weighted by molar-refractivity contribution is 5.76. The van der Waals surface area contributed by atoms with Crippen LogP contribution in [0, 0.1) is 6.92 Å². The highest BCUT2D eigenvalue weighted by Crippen LogP contribution is 2.27. The molecule has 31 heavy (non-hydrogen) atoms. The van der Waals surface area contributed by atoms with Gasteiger partial charge in [0, 0.05) is 25.6 Å². The van der Waals surface area contributed by atoms with Gasteiger partial charge in [0.15, 0.2) is 5.89 Å². The van der Waals surface area contributed by atoms with E-state index in [1.54, 1.807) is 31.2 Å². The lowest BCUT2D eigenvalue weighted by Gasteiger charge is -2.31. The second kappa shape index (κ2) is 9.16. The van der Waals surface area contributed by atoms with Crippen molar-refractivity contribution in [2.45, 2.75) is 38.6 Å². The molecule has 1 atom stereocenters. The van der Waals surface area contributed by atoms with Crippen molar-refractivity contribution in [2.75, 3.05) is 20.2 Å². The summed E-state index contributed by atoms with van der Waals surface area (Å²) in [6.07, 6.45) is 4.18. The highest BCUT2D eigenvalue weighted by Gasteiger charge is 2.28. The van der Waals surface area contributed by atoms with Crippen LogP contribution in [0.2, 0.25) is 0 Å². The van der Waals surface area contributed by atoms with Crippen molar-refractivity contribution in [2.24, 2.45) is 0 Å². The second-order valence-corrected chi connectivity index (χ2v) is 7.84. The molecule has 0 spiro atoms. The first-order chi connectivity index (χ1) is 15.0. The van der Waals surface area contributed by atoms with Gasteiger partial charge in [-0.05, 0) is 43.5 Å². The fourth-order valence-electron chi connectivity index (χ4n) is 3.84. The van der Waals surface area contributed by atoms with Crippen LogP contribution in [0.1, 0.15) is 41.7 Å². The lowest BCUT2D eigenvalue weighted by molar-refractivity contribution is -0.133. The van der Waals surface area contributed by atoms with E-state index in [0.29, 0.717) is 31.1 Å². The van der Waals surface area contributed by atoms with Gasteiger partial charge in [-0.2, -0.15) is 5.10 Å². The van der Waals surface area contributed by atoms with E-state index in [-0.39, 0.29) is 23.9 Å². The van der Waals surface area contributed by atoms with Crippen LogP contribution in [0.4, 0.5) is 0 Å². The Morgan fingerprint density at radius 2 is 2.03 bits per heavy atom. The summed E-state index contributed by atoms with van der Waals surface area (Å²) in [5, 5.41) is 4.16. The summed E-state index contributed by atoms with van der Waals surface area (Å²) in [6, 6.07) is 10.9. The van der Waals surface area contributed by atoms with Gasteiger partial charge in [-0.1, -0.05) is 12.1 Å². The number of carbonyl (C=O) groups is 1. The molecule has 3 aromatic rings. The predicted octanol–water partition coefficient (Wildman–Crippen LogP) is 2.55. The van der Waals surface area contributed by atoms with Crippen molar-refractivity contribution in [3.8, 4) is 5.75 Å². The van der Waals surface area contributed by atoms with E-state index >= 15 is 0 Å². The zero-order valence-electron chi connectivity index (χ0n) is 17.8. The highest BCUT2D eigenvalue weighted by atomic mass is 16.5.